The molecule has 0 aliphatic carbocycles. The predicted molar refractivity (Wildman–Crippen MR) is 65.3 cm³/mol. The molecule has 3 rings (SSSR count). The Hall–Kier alpha value is -1.74. The molecule has 0 spiro atoms. The third kappa shape index (κ3) is 1.94. The maximum absolute atomic E-state index is 4.39. The number of nitrogens with zero attached hydrogens (tertiary/aromatic N) is 5. The lowest BCUT2D eigenvalue weighted by atomic mass is 10.4. The quantitative estimate of drug-likeness (QED) is 0.691. The maximum Gasteiger partial charge on any atom is 0.225 e. The van der Waals surface area contributed by atoms with Crippen molar-refractivity contribution in [2.75, 3.05) is 12.4 Å². The second-order valence-electron chi connectivity index (χ2n) is 3.04. The van der Waals surface area contributed by atoms with Crippen molar-refractivity contribution in [1.82, 2.24) is 29.5 Å². The Morgan fingerprint density at radius 2 is 2.35 bits per heavy atom. The molecule has 0 atom stereocenters. The molecular weight excluding hydrogens is 258 g/mol. The van der Waals surface area contributed by atoms with Crippen LogP contribution in [0.5, 0.6) is 0 Å². The van der Waals surface area contributed by atoms with Gasteiger partial charge in [-0.3, -0.25) is 5.10 Å². The maximum atomic E-state index is 4.39. The Labute approximate surface area is 104 Å². The summed E-state index contributed by atoms with van der Waals surface area (Å²) in [5.74, 6) is 0.550. The van der Waals surface area contributed by atoms with Gasteiger partial charge in [-0.15, -0.1) is 0 Å². The van der Waals surface area contributed by atoms with Crippen LogP contribution in [-0.4, -0.2) is 36.6 Å². The van der Waals surface area contributed by atoms with Crippen molar-refractivity contribution < 1.29 is 0 Å². The van der Waals surface area contributed by atoms with E-state index in [1.165, 1.54) is 29.6 Å². The molecule has 3 aromatic rings. The summed E-state index contributed by atoms with van der Waals surface area (Å²) in [6.07, 6.45) is 3.23. The molecule has 2 N–H and O–H groups in total. The van der Waals surface area contributed by atoms with E-state index in [0.717, 1.165) is 14.8 Å². The standard InChI is InChI=1S/C8H7N7S2/c1-9-7-13-5-4(2-11-15-5)6(14-7)16-8-10-3-12-17-8/h2-3H,1H3,(H2,9,11,13,14,15). The van der Waals surface area contributed by atoms with Crippen molar-refractivity contribution >= 4 is 40.3 Å². The highest BCUT2D eigenvalue weighted by Crippen LogP contribution is 2.31. The van der Waals surface area contributed by atoms with Crippen LogP contribution in [0.3, 0.4) is 0 Å². The highest BCUT2D eigenvalue weighted by molar-refractivity contribution is 8.01. The Bertz CT molecular complexity index is 632. The van der Waals surface area contributed by atoms with Crippen LogP contribution in [0.1, 0.15) is 0 Å². The predicted octanol–water partition coefficient (Wildman–Crippen LogP) is 1.40. The number of aromatic amines is 1. The fraction of sp³-hybridized carbons (Fsp3) is 0.125. The van der Waals surface area contributed by atoms with Crippen LogP contribution >= 0.6 is 23.3 Å². The minimum atomic E-state index is 0.550. The Balaban J connectivity index is 2.10. The van der Waals surface area contributed by atoms with Gasteiger partial charge in [0.15, 0.2) is 9.99 Å². The summed E-state index contributed by atoms with van der Waals surface area (Å²) in [4.78, 5) is 12.8. The Morgan fingerprint density at radius 3 is 3.12 bits per heavy atom. The fourth-order valence-corrected chi connectivity index (χ4v) is 2.74. The van der Waals surface area contributed by atoms with Crippen LogP contribution in [-0.2, 0) is 0 Å². The molecule has 17 heavy (non-hydrogen) atoms. The van der Waals surface area contributed by atoms with E-state index < -0.39 is 0 Å². The molecule has 3 aromatic heterocycles. The number of hydrogen-bond donors (Lipinski definition) is 2. The van der Waals surface area contributed by atoms with Crippen LogP contribution < -0.4 is 5.32 Å². The molecule has 0 aliphatic rings. The molecule has 0 aliphatic heterocycles. The average Bonchev–Trinajstić information content (AvgIpc) is 2.98. The van der Waals surface area contributed by atoms with Gasteiger partial charge in [-0.05, 0) is 23.3 Å². The highest BCUT2D eigenvalue weighted by Gasteiger charge is 2.11. The normalized spacial score (nSPS) is 10.9. The summed E-state index contributed by atoms with van der Waals surface area (Å²) in [5.41, 5.74) is 0.705. The van der Waals surface area contributed by atoms with Gasteiger partial charge in [-0.1, -0.05) is 0 Å². The molecule has 3 heterocycles. The minimum absolute atomic E-state index is 0.550. The van der Waals surface area contributed by atoms with Gasteiger partial charge in [0.05, 0.1) is 11.6 Å². The molecular formula is C8H7N7S2. The molecule has 0 aromatic carbocycles. The smallest absolute Gasteiger partial charge is 0.225 e. The van der Waals surface area contributed by atoms with E-state index in [9.17, 15) is 0 Å². The zero-order chi connectivity index (χ0) is 11.7. The molecule has 0 unspecified atom stereocenters. The summed E-state index contributed by atoms with van der Waals surface area (Å²) >= 11 is 2.78. The van der Waals surface area contributed by atoms with Gasteiger partial charge in [0, 0.05) is 7.05 Å². The molecule has 9 heteroatoms. The van der Waals surface area contributed by atoms with Crippen LogP contribution in [0.25, 0.3) is 11.0 Å². The number of H-pyrrole nitrogens is 1. The minimum Gasteiger partial charge on any atom is -0.357 e. The molecule has 0 saturated carbocycles. The number of nitrogens with one attached hydrogen (secondary N) is 2. The van der Waals surface area contributed by atoms with Crippen molar-refractivity contribution in [1.29, 1.82) is 0 Å². The molecule has 7 nitrogen and oxygen atoms in total. The SMILES string of the molecule is CNc1nc(Sc2ncns2)c2cn[nH]c2n1. The van der Waals surface area contributed by atoms with Gasteiger partial charge in [0.25, 0.3) is 0 Å². The van der Waals surface area contributed by atoms with E-state index in [-0.39, 0.29) is 0 Å². The van der Waals surface area contributed by atoms with E-state index in [4.69, 9.17) is 0 Å². The van der Waals surface area contributed by atoms with Crippen molar-refractivity contribution in [2.24, 2.45) is 0 Å². The summed E-state index contributed by atoms with van der Waals surface area (Å²) in [7, 11) is 1.77. The first-order valence-corrected chi connectivity index (χ1v) is 6.29. The van der Waals surface area contributed by atoms with Crippen LogP contribution in [0.15, 0.2) is 21.9 Å². The number of hydrogen-bond acceptors (Lipinski definition) is 8. The lowest BCUT2D eigenvalue weighted by Gasteiger charge is -2.02. The van der Waals surface area contributed by atoms with E-state index >= 15 is 0 Å². The molecule has 0 amide bonds. The zero-order valence-corrected chi connectivity index (χ0v) is 10.3. The number of fused-ring (bicyclic) bond motifs is 1. The third-order valence-electron chi connectivity index (χ3n) is 2.02. The van der Waals surface area contributed by atoms with E-state index in [0.29, 0.717) is 11.6 Å². The number of anilines is 1. The van der Waals surface area contributed by atoms with Crippen LogP contribution in [0.2, 0.25) is 0 Å². The van der Waals surface area contributed by atoms with E-state index in [2.05, 4.69) is 34.8 Å². The second kappa shape index (κ2) is 4.26. The lowest BCUT2D eigenvalue weighted by molar-refractivity contribution is 1.06. The van der Waals surface area contributed by atoms with Gasteiger partial charge in [-0.25, -0.2) is 9.97 Å². The Morgan fingerprint density at radius 1 is 1.41 bits per heavy atom. The summed E-state index contributed by atoms with van der Waals surface area (Å²) < 4.78 is 4.80. The topological polar surface area (TPSA) is 92.3 Å². The summed E-state index contributed by atoms with van der Waals surface area (Å²) in [6.45, 7) is 0. The summed E-state index contributed by atoms with van der Waals surface area (Å²) in [5, 5.41) is 11.4. The van der Waals surface area contributed by atoms with Crippen LogP contribution in [0, 0.1) is 0 Å². The molecule has 0 saturated heterocycles. The van der Waals surface area contributed by atoms with Crippen molar-refractivity contribution in [3.05, 3.63) is 12.5 Å². The van der Waals surface area contributed by atoms with Gasteiger partial charge in [0.2, 0.25) is 5.95 Å². The third-order valence-corrected chi connectivity index (χ3v) is 3.74. The van der Waals surface area contributed by atoms with Gasteiger partial charge < -0.3 is 5.32 Å². The highest BCUT2D eigenvalue weighted by atomic mass is 32.2. The molecule has 0 radical (unpaired) electrons. The molecule has 86 valence electrons. The number of aromatic nitrogens is 6. The summed E-state index contributed by atoms with van der Waals surface area (Å²) in [6, 6.07) is 0. The van der Waals surface area contributed by atoms with E-state index in [1.807, 2.05) is 0 Å². The first-order valence-electron chi connectivity index (χ1n) is 4.70. The monoisotopic (exact) mass is 265 g/mol. The van der Waals surface area contributed by atoms with Crippen molar-refractivity contribution in [3.63, 3.8) is 0 Å². The fourth-order valence-electron chi connectivity index (χ4n) is 1.29. The lowest BCUT2D eigenvalue weighted by Crippen LogP contribution is -1.97. The largest absolute Gasteiger partial charge is 0.357 e. The first-order chi connectivity index (χ1) is 8.36. The van der Waals surface area contributed by atoms with Crippen LogP contribution in [0.4, 0.5) is 5.95 Å². The molecule has 0 fully saturated rings. The van der Waals surface area contributed by atoms with Gasteiger partial charge >= 0.3 is 0 Å². The van der Waals surface area contributed by atoms with E-state index in [1.54, 1.807) is 13.2 Å². The number of rotatable bonds is 3. The Kier molecular flexibility index (Phi) is 2.61. The van der Waals surface area contributed by atoms with Crippen molar-refractivity contribution in [3.8, 4) is 0 Å². The van der Waals surface area contributed by atoms with Crippen molar-refractivity contribution in [2.45, 2.75) is 9.37 Å². The van der Waals surface area contributed by atoms with Gasteiger partial charge in [-0.2, -0.15) is 14.5 Å². The second-order valence-corrected chi connectivity index (χ2v) is 5.06. The first kappa shape index (κ1) is 10.4. The zero-order valence-electron chi connectivity index (χ0n) is 8.71. The molecule has 0 bridgehead atoms. The van der Waals surface area contributed by atoms with Gasteiger partial charge in [0.1, 0.15) is 11.4 Å². The average molecular weight is 265 g/mol.